The van der Waals surface area contributed by atoms with E-state index in [1.807, 2.05) is 19.9 Å². The number of aliphatic hydroxyl groups is 1. The van der Waals surface area contributed by atoms with Crippen molar-refractivity contribution in [2.24, 2.45) is 0 Å². The molecule has 0 spiro atoms. The summed E-state index contributed by atoms with van der Waals surface area (Å²) < 4.78 is 5.06. The number of carbonyl (C=O) groups excluding carboxylic acids is 1. The molecule has 1 heterocycles. The first-order chi connectivity index (χ1) is 12.2. The number of halogens is 1. The molecule has 2 N–H and O–H groups in total. The SMILES string of the molecule is COC(O)C1(N(O)C(=O)Cc2c(C)cc(C)cc2Cl)CCN(OC)CC1. The monoisotopic (exact) mass is 386 g/mol. The number of rotatable bonds is 6. The Morgan fingerprint density at radius 3 is 2.46 bits per heavy atom. The Labute approximate surface area is 159 Å². The van der Waals surface area contributed by atoms with Gasteiger partial charge in [-0.25, -0.2) is 5.06 Å². The molecule has 1 atom stereocenters. The molecule has 7 nitrogen and oxygen atoms in total. The van der Waals surface area contributed by atoms with E-state index in [1.54, 1.807) is 18.2 Å². The Kier molecular flexibility index (Phi) is 7.01. The Morgan fingerprint density at radius 1 is 1.35 bits per heavy atom. The van der Waals surface area contributed by atoms with Crippen LogP contribution in [0.4, 0.5) is 0 Å². The number of benzene rings is 1. The molecular weight excluding hydrogens is 360 g/mol. The van der Waals surface area contributed by atoms with Gasteiger partial charge < -0.3 is 14.7 Å². The fourth-order valence-electron chi connectivity index (χ4n) is 3.48. The number of methoxy groups -OCH3 is 1. The van der Waals surface area contributed by atoms with Crippen LogP contribution in [0.5, 0.6) is 0 Å². The van der Waals surface area contributed by atoms with Gasteiger partial charge in [-0.3, -0.25) is 10.0 Å². The van der Waals surface area contributed by atoms with E-state index in [2.05, 4.69) is 0 Å². The molecule has 1 saturated heterocycles. The van der Waals surface area contributed by atoms with E-state index in [1.165, 1.54) is 7.11 Å². The zero-order valence-corrected chi connectivity index (χ0v) is 16.4. The quantitative estimate of drug-likeness (QED) is 0.442. The topological polar surface area (TPSA) is 82.5 Å². The number of ether oxygens (including phenoxy) is 1. The van der Waals surface area contributed by atoms with Gasteiger partial charge in [-0.2, -0.15) is 5.06 Å². The summed E-state index contributed by atoms with van der Waals surface area (Å²) in [6.45, 7) is 4.70. The van der Waals surface area contributed by atoms with Gasteiger partial charge in [0.15, 0.2) is 6.29 Å². The molecule has 0 bridgehead atoms. The number of piperidine rings is 1. The molecule has 26 heavy (non-hydrogen) atoms. The van der Waals surface area contributed by atoms with Crippen LogP contribution in [0.15, 0.2) is 12.1 Å². The van der Waals surface area contributed by atoms with Crippen molar-refractivity contribution in [2.45, 2.75) is 44.9 Å². The van der Waals surface area contributed by atoms with E-state index in [0.717, 1.165) is 11.1 Å². The highest BCUT2D eigenvalue weighted by atomic mass is 35.5. The highest BCUT2D eigenvalue weighted by molar-refractivity contribution is 6.31. The maximum absolute atomic E-state index is 12.8. The van der Waals surface area contributed by atoms with Crippen LogP contribution >= 0.6 is 11.6 Å². The minimum atomic E-state index is -1.31. The zero-order valence-electron chi connectivity index (χ0n) is 15.7. The summed E-state index contributed by atoms with van der Waals surface area (Å²) >= 11 is 6.28. The molecular formula is C18H27ClN2O5. The molecule has 0 aromatic heterocycles. The van der Waals surface area contributed by atoms with Gasteiger partial charge in [0.1, 0.15) is 5.54 Å². The molecule has 1 unspecified atom stereocenters. The minimum Gasteiger partial charge on any atom is -0.366 e. The van der Waals surface area contributed by atoms with Crippen LogP contribution in [0.25, 0.3) is 0 Å². The molecule has 1 aromatic rings. The normalized spacial score (nSPS) is 18.6. The van der Waals surface area contributed by atoms with Crippen molar-refractivity contribution in [3.8, 4) is 0 Å². The molecule has 1 amide bonds. The van der Waals surface area contributed by atoms with Crippen molar-refractivity contribution in [1.82, 2.24) is 10.1 Å². The average molecular weight is 387 g/mol. The average Bonchev–Trinajstić information content (AvgIpc) is 2.63. The minimum absolute atomic E-state index is 0.0619. The molecule has 2 rings (SSSR count). The predicted molar refractivity (Wildman–Crippen MR) is 96.8 cm³/mol. The molecule has 0 aliphatic carbocycles. The maximum Gasteiger partial charge on any atom is 0.251 e. The van der Waals surface area contributed by atoms with Gasteiger partial charge in [0.25, 0.3) is 5.91 Å². The highest BCUT2D eigenvalue weighted by Gasteiger charge is 2.48. The second-order valence-corrected chi connectivity index (χ2v) is 7.13. The standard InChI is InChI=1S/C18H27ClN2O5/c1-12-9-13(2)14(15(19)10-12)11-16(22)21(24)18(17(23)25-3)5-7-20(26-4)8-6-18/h9-10,17,23-24H,5-8,11H2,1-4H3. The number of nitrogens with zero attached hydrogens (tertiary/aromatic N) is 2. The lowest BCUT2D eigenvalue weighted by molar-refractivity contribution is -0.277. The number of aryl methyl sites for hydroxylation is 2. The van der Waals surface area contributed by atoms with Crippen LogP contribution < -0.4 is 0 Å². The van der Waals surface area contributed by atoms with Crippen LogP contribution in [-0.2, 0) is 20.8 Å². The number of aliphatic hydroxyl groups excluding tert-OH is 1. The Balaban J connectivity index is 2.23. The van der Waals surface area contributed by atoms with E-state index < -0.39 is 17.7 Å². The van der Waals surface area contributed by atoms with Crippen molar-refractivity contribution in [1.29, 1.82) is 0 Å². The van der Waals surface area contributed by atoms with Gasteiger partial charge in [-0.15, -0.1) is 0 Å². The zero-order chi connectivity index (χ0) is 19.5. The van der Waals surface area contributed by atoms with Gasteiger partial charge in [-0.05, 0) is 49.4 Å². The van der Waals surface area contributed by atoms with Gasteiger partial charge in [-0.1, -0.05) is 17.7 Å². The fourth-order valence-corrected chi connectivity index (χ4v) is 3.87. The Hall–Kier alpha value is -1.22. The van der Waals surface area contributed by atoms with Crippen molar-refractivity contribution in [3.05, 3.63) is 33.8 Å². The second-order valence-electron chi connectivity index (χ2n) is 6.73. The van der Waals surface area contributed by atoms with Crippen molar-refractivity contribution >= 4 is 17.5 Å². The number of carbonyl (C=O) groups is 1. The predicted octanol–water partition coefficient (Wildman–Crippen LogP) is 2.08. The molecule has 1 aliphatic rings. The number of amides is 1. The summed E-state index contributed by atoms with van der Waals surface area (Å²) in [6, 6.07) is 3.72. The van der Waals surface area contributed by atoms with Crippen LogP contribution in [0.3, 0.4) is 0 Å². The van der Waals surface area contributed by atoms with E-state index in [0.29, 0.717) is 41.6 Å². The molecule has 0 radical (unpaired) electrons. The van der Waals surface area contributed by atoms with Gasteiger partial charge in [0.2, 0.25) is 0 Å². The summed E-state index contributed by atoms with van der Waals surface area (Å²) in [7, 11) is 2.90. The smallest absolute Gasteiger partial charge is 0.251 e. The Bertz CT molecular complexity index is 623. The lowest BCUT2D eigenvalue weighted by Crippen LogP contribution is -2.63. The van der Waals surface area contributed by atoms with Crippen LogP contribution in [0.2, 0.25) is 5.02 Å². The fraction of sp³-hybridized carbons (Fsp3) is 0.611. The second kappa shape index (κ2) is 8.65. The largest absolute Gasteiger partial charge is 0.366 e. The lowest BCUT2D eigenvalue weighted by atomic mass is 9.86. The molecule has 1 fully saturated rings. The van der Waals surface area contributed by atoms with Crippen LogP contribution in [0, 0.1) is 13.8 Å². The van der Waals surface area contributed by atoms with Gasteiger partial charge >= 0.3 is 0 Å². The summed E-state index contributed by atoms with van der Waals surface area (Å²) in [4.78, 5) is 18.0. The maximum atomic E-state index is 12.8. The molecule has 0 saturated carbocycles. The molecule has 146 valence electrons. The first-order valence-electron chi connectivity index (χ1n) is 8.52. The van der Waals surface area contributed by atoms with E-state index in [4.69, 9.17) is 21.2 Å². The van der Waals surface area contributed by atoms with Crippen molar-refractivity contribution in [2.75, 3.05) is 27.3 Å². The van der Waals surface area contributed by atoms with Crippen molar-refractivity contribution in [3.63, 3.8) is 0 Å². The van der Waals surface area contributed by atoms with E-state index in [9.17, 15) is 15.1 Å². The third-order valence-electron chi connectivity index (χ3n) is 5.08. The third-order valence-corrected chi connectivity index (χ3v) is 5.42. The first kappa shape index (κ1) is 21.1. The number of hydroxylamine groups is 4. The van der Waals surface area contributed by atoms with E-state index >= 15 is 0 Å². The van der Waals surface area contributed by atoms with Crippen LogP contribution in [-0.4, -0.2) is 65.5 Å². The summed E-state index contributed by atoms with van der Waals surface area (Å²) in [5.74, 6) is -0.541. The highest BCUT2D eigenvalue weighted by Crippen LogP contribution is 2.33. The third kappa shape index (κ3) is 4.19. The Morgan fingerprint density at radius 2 is 1.96 bits per heavy atom. The van der Waals surface area contributed by atoms with Gasteiger partial charge in [0.05, 0.1) is 13.5 Å². The number of hydrogen-bond acceptors (Lipinski definition) is 6. The molecule has 1 aliphatic heterocycles. The summed E-state index contributed by atoms with van der Waals surface area (Å²) in [5, 5.41) is 23.9. The lowest BCUT2D eigenvalue weighted by Gasteiger charge is -2.46. The van der Waals surface area contributed by atoms with E-state index in [-0.39, 0.29) is 6.42 Å². The number of hydrogen-bond donors (Lipinski definition) is 2. The summed E-state index contributed by atoms with van der Waals surface area (Å²) in [5.41, 5.74) is 1.32. The molecule has 1 aromatic carbocycles. The van der Waals surface area contributed by atoms with Crippen LogP contribution in [0.1, 0.15) is 29.5 Å². The first-order valence-corrected chi connectivity index (χ1v) is 8.90. The van der Waals surface area contributed by atoms with Crippen molar-refractivity contribution < 1.29 is 24.7 Å². The molecule has 8 heteroatoms. The van der Waals surface area contributed by atoms with Gasteiger partial charge in [0, 0.05) is 25.2 Å². The summed E-state index contributed by atoms with van der Waals surface area (Å²) in [6.07, 6.45) is -0.768.